The molecule has 5 N–H and O–H groups in total. The highest BCUT2D eigenvalue weighted by molar-refractivity contribution is 6.30. The predicted octanol–water partition coefficient (Wildman–Crippen LogP) is 3.08. The number of likely N-dealkylation sites (N-methyl/N-ethyl adjacent to an activating group) is 1. The van der Waals surface area contributed by atoms with Crippen molar-refractivity contribution in [2.24, 2.45) is 0 Å². The topological polar surface area (TPSA) is 121 Å². The van der Waals surface area contributed by atoms with Gasteiger partial charge in [0.1, 0.15) is 6.29 Å². The van der Waals surface area contributed by atoms with Gasteiger partial charge in [-0.2, -0.15) is 0 Å². The van der Waals surface area contributed by atoms with Gasteiger partial charge in [-0.15, -0.1) is 0 Å². The summed E-state index contributed by atoms with van der Waals surface area (Å²) < 4.78 is 0. The molecule has 2 aromatic rings. The first-order valence-corrected chi connectivity index (χ1v) is 10.8. The number of nitrogens with zero attached hydrogens (tertiary/aromatic N) is 1. The van der Waals surface area contributed by atoms with E-state index in [2.05, 4.69) is 29.7 Å². The lowest BCUT2D eigenvalue weighted by molar-refractivity contribution is -0.107. The second-order valence-electron chi connectivity index (χ2n) is 8.87. The van der Waals surface area contributed by atoms with Gasteiger partial charge in [0.15, 0.2) is 0 Å². The van der Waals surface area contributed by atoms with Crippen LogP contribution in [0.1, 0.15) is 44.5 Å². The van der Waals surface area contributed by atoms with E-state index >= 15 is 0 Å². The van der Waals surface area contributed by atoms with E-state index in [9.17, 15) is 4.79 Å². The van der Waals surface area contributed by atoms with E-state index in [1.807, 2.05) is 56.6 Å². The van der Waals surface area contributed by atoms with Crippen LogP contribution in [0, 0.1) is 0 Å². The predicted molar refractivity (Wildman–Crippen MR) is 139 cm³/mol. The van der Waals surface area contributed by atoms with E-state index in [4.69, 9.17) is 25.3 Å². The van der Waals surface area contributed by atoms with Crippen molar-refractivity contribution in [3.05, 3.63) is 84.1 Å². The van der Waals surface area contributed by atoms with Crippen LogP contribution in [0.5, 0.6) is 0 Å². The van der Waals surface area contributed by atoms with E-state index in [0.717, 1.165) is 23.7 Å². The molecule has 0 aliphatic heterocycles. The van der Waals surface area contributed by atoms with Crippen LogP contribution < -0.4 is 0 Å². The van der Waals surface area contributed by atoms with Gasteiger partial charge >= 0.3 is 7.32 Å². The molecular formula is C26H38BNO6. The minimum Gasteiger partial charge on any atom is -0.402 e. The third kappa shape index (κ3) is 12.5. The molecule has 8 heteroatoms. The maximum atomic E-state index is 10.5. The average Bonchev–Trinajstić information content (AvgIpc) is 2.72. The molecule has 0 saturated carbocycles. The Morgan fingerprint density at radius 3 is 1.82 bits per heavy atom. The molecule has 0 unspecified atom stereocenters. The highest BCUT2D eigenvalue weighted by Crippen LogP contribution is 2.19. The molecule has 1 aliphatic carbocycles. The van der Waals surface area contributed by atoms with Crippen LogP contribution in [-0.2, 0) is 0 Å². The molecule has 0 amide bonds. The van der Waals surface area contributed by atoms with Gasteiger partial charge < -0.3 is 30.2 Å². The van der Waals surface area contributed by atoms with Crippen molar-refractivity contribution in [1.29, 1.82) is 0 Å². The molecule has 0 radical (unpaired) electrons. The number of aldehydes is 1. The van der Waals surface area contributed by atoms with Crippen molar-refractivity contribution in [2.75, 3.05) is 14.1 Å². The molecule has 7 nitrogen and oxygen atoms in total. The Morgan fingerprint density at radius 1 is 0.941 bits per heavy atom. The Bertz CT molecular complexity index is 954. The van der Waals surface area contributed by atoms with E-state index in [-0.39, 0.29) is 0 Å². The smallest absolute Gasteiger partial charge is 0.402 e. The van der Waals surface area contributed by atoms with Crippen LogP contribution in [0.15, 0.2) is 78.5 Å². The Labute approximate surface area is 203 Å². The number of benzene rings is 2. The van der Waals surface area contributed by atoms with Gasteiger partial charge in [0.25, 0.3) is 0 Å². The summed E-state index contributed by atoms with van der Waals surface area (Å²) >= 11 is 0. The molecule has 0 bridgehead atoms. The fraction of sp³-hybridized carbons (Fsp3) is 0.346. The van der Waals surface area contributed by atoms with Crippen LogP contribution >= 0.6 is 0 Å². The fourth-order valence-electron chi connectivity index (χ4n) is 2.34. The molecule has 1 aliphatic rings. The molecule has 0 saturated heterocycles. The van der Waals surface area contributed by atoms with Gasteiger partial charge in [0, 0.05) is 25.4 Å². The normalized spacial score (nSPS) is 12.7. The number of aliphatic hydroxyl groups is 2. The molecule has 0 atom stereocenters. The molecular weight excluding hydrogens is 433 g/mol. The molecule has 0 aromatic heterocycles. The third-order valence-electron chi connectivity index (χ3n) is 5.01. The number of rotatable bonds is 3. The Kier molecular flexibility index (Phi) is 13.3. The van der Waals surface area contributed by atoms with E-state index < -0.39 is 18.5 Å². The second-order valence-corrected chi connectivity index (χ2v) is 8.87. The van der Waals surface area contributed by atoms with Gasteiger partial charge in [-0.1, -0.05) is 55.1 Å². The number of carbonyl (C=O) groups excluding carboxylic acids is 1. The summed E-state index contributed by atoms with van der Waals surface area (Å²) in [7, 11) is 1.91. The minimum absolute atomic E-state index is 0.730. The standard InChI is InChI=1S/C11H8O.C9H13N.C6H14O2.BH3O3/c12-8-9-5-6-10-3-1-2-4-11(10)7-9;1-8-6-4-5-7-9(8)10(2)3;1-5(2,7)6(3,4)8;2-1(3)4/h1-8H;4-5,7H,1,6H2,2-3H3;7-8H,1-4H3;2-4H. The summed E-state index contributed by atoms with van der Waals surface area (Å²) in [5, 5.41) is 42.0. The SMILES string of the molecule is C=C1CC=CC=C1N(C)C.CC(C)(O)C(C)(C)O.O=Cc1ccc2ccccc2c1.OB(O)O. The molecule has 0 heterocycles. The van der Waals surface area contributed by atoms with Crippen molar-refractivity contribution >= 4 is 24.4 Å². The van der Waals surface area contributed by atoms with E-state index in [1.165, 1.54) is 16.7 Å². The summed E-state index contributed by atoms with van der Waals surface area (Å²) in [5.74, 6) is 0. The summed E-state index contributed by atoms with van der Waals surface area (Å²) in [6, 6.07) is 13.7. The molecule has 0 fully saturated rings. The Balaban J connectivity index is 0.000000454. The number of hydrogen-bond acceptors (Lipinski definition) is 7. The van der Waals surface area contributed by atoms with Crippen LogP contribution in [0.25, 0.3) is 10.8 Å². The number of fused-ring (bicyclic) bond motifs is 1. The molecule has 0 spiro atoms. The zero-order chi connectivity index (χ0) is 26.5. The van der Waals surface area contributed by atoms with Crippen molar-refractivity contribution in [3.8, 4) is 0 Å². The fourth-order valence-corrected chi connectivity index (χ4v) is 2.34. The molecule has 34 heavy (non-hydrogen) atoms. The molecule has 2 aromatic carbocycles. The maximum absolute atomic E-state index is 10.5. The van der Waals surface area contributed by atoms with Crippen molar-refractivity contribution in [1.82, 2.24) is 4.90 Å². The van der Waals surface area contributed by atoms with Gasteiger partial charge in [-0.25, -0.2) is 0 Å². The van der Waals surface area contributed by atoms with Gasteiger partial charge in [0.2, 0.25) is 0 Å². The lowest BCUT2D eigenvalue weighted by atomic mass is 9.90. The van der Waals surface area contributed by atoms with E-state index in [1.54, 1.807) is 27.7 Å². The highest BCUT2D eigenvalue weighted by Gasteiger charge is 2.31. The van der Waals surface area contributed by atoms with Crippen LogP contribution in [0.4, 0.5) is 0 Å². The minimum atomic E-state index is -2.17. The first-order chi connectivity index (χ1) is 15.6. The van der Waals surface area contributed by atoms with Gasteiger partial charge in [0.05, 0.1) is 11.2 Å². The number of carbonyl (C=O) groups is 1. The second kappa shape index (κ2) is 14.5. The highest BCUT2D eigenvalue weighted by atomic mass is 16.5. The molecule has 186 valence electrons. The monoisotopic (exact) mass is 471 g/mol. The lowest BCUT2D eigenvalue weighted by Gasteiger charge is -2.31. The maximum Gasteiger partial charge on any atom is 0.631 e. The average molecular weight is 471 g/mol. The van der Waals surface area contributed by atoms with Gasteiger partial charge in [-0.3, -0.25) is 4.79 Å². The molecule has 3 rings (SSSR count). The zero-order valence-electron chi connectivity index (χ0n) is 20.9. The van der Waals surface area contributed by atoms with Crippen molar-refractivity contribution < 1.29 is 30.1 Å². The van der Waals surface area contributed by atoms with Crippen LogP contribution in [0.2, 0.25) is 0 Å². The van der Waals surface area contributed by atoms with Crippen molar-refractivity contribution in [2.45, 2.75) is 45.3 Å². The van der Waals surface area contributed by atoms with Crippen LogP contribution in [0.3, 0.4) is 0 Å². The largest absolute Gasteiger partial charge is 0.631 e. The summed E-state index contributed by atoms with van der Waals surface area (Å²) in [6.45, 7) is 10.3. The van der Waals surface area contributed by atoms with Crippen molar-refractivity contribution in [3.63, 3.8) is 0 Å². The third-order valence-corrected chi connectivity index (χ3v) is 5.01. The Morgan fingerprint density at radius 2 is 1.44 bits per heavy atom. The summed E-state index contributed by atoms with van der Waals surface area (Å²) in [4.78, 5) is 12.5. The lowest BCUT2D eigenvalue weighted by Crippen LogP contribution is -2.44. The quantitative estimate of drug-likeness (QED) is 0.345. The number of hydrogen-bond donors (Lipinski definition) is 5. The summed E-state index contributed by atoms with van der Waals surface area (Å²) in [6.07, 6.45) is 8.14. The first-order valence-electron chi connectivity index (χ1n) is 10.8. The first kappa shape index (κ1) is 31.3. The van der Waals surface area contributed by atoms with Crippen LogP contribution in [-0.4, -0.2) is 69.1 Å². The van der Waals surface area contributed by atoms with E-state index in [0.29, 0.717) is 0 Å². The number of allylic oxidation sites excluding steroid dienone is 4. The van der Waals surface area contributed by atoms with Gasteiger partial charge in [-0.05, 0) is 62.6 Å². The zero-order valence-corrected chi connectivity index (χ0v) is 20.9. The summed E-state index contributed by atoms with van der Waals surface area (Å²) in [5.41, 5.74) is 1.16. The Hall–Kier alpha value is -2.75.